The number of nitrogens with zero attached hydrogens (tertiary/aromatic N) is 2. The number of nitro benzene ring substituents is 1. The van der Waals surface area contributed by atoms with Crippen LogP contribution in [-0.2, 0) is 14.9 Å². The maximum Gasteiger partial charge on any atom is 0.343 e. The van der Waals surface area contributed by atoms with Gasteiger partial charge in [-0.25, -0.2) is 0 Å². The van der Waals surface area contributed by atoms with Gasteiger partial charge in [-0.1, -0.05) is 32.0 Å². The van der Waals surface area contributed by atoms with Crippen LogP contribution in [0.4, 0.5) is 17.1 Å². The van der Waals surface area contributed by atoms with Crippen molar-refractivity contribution in [2.45, 2.75) is 26.2 Å². The lowest BCUT2D eigenvalue weighted by atomic mass is 9.82. The van der Waals surface area contributed by atoms with E-state index in [-0.39, 0.29) is 10.6 Å². The summed E-state index contributed by atoms with van der Waals surface area (Å²) in [5, 5.41) is 11.3. The summed E-state index contributed by atoms with van der Waals surface area (Å²) < 4.78 is 6.98. The summed E-state index contributed by atoms with van der Waals surface area (Å²) in [7, 11) is 0. The molecule has 0 heterocycles. The zero-order chi connectivity index (χ0) is 21.5. The first-order valence-corrected chi connectivity index (χ1v) is 9.57. The van der Waals surface area contributed by atoms with Gasteiger partial charge in [-0.3, -0.25) is 14.9 Å². The summed E-state index contributed by atoms with van der Waals surface area (Å²) >= 11 is 0. The monoisotopic (exact) mass is 401 g/mol. The van der Waals surface area contributed by atoms with Crippen LogP contribution in [0.3, 0.4) is 0 Å². The zero-order valence-corrected chi connectivity index (χ0v) is 17.0. The molecule has 0 aromatic heterocycles. The van der Waals surface area contributed by atoms with Crippen molar-refractivity contribution in [3.63, 3.8) is 0 Å². The highest BCUT2D eigenvalue weighted by Crippen LogP contribution is 2.50. The number of carbonyl (C=O) groups is 1. The van der Waals surface area contributed by atoms with E-state index in [1.54, 1.807) is 12.1 Å². The molecule has 0 saturated heterocycles. The van der Waals surface area contributed by atoms with Crippen LogP contribution in [0.25, 0.3) is 11.1 Å². The van der Waals surface area contributed by atoms with Crippen molar-refractivity contribution in [2.24, 2.45) is 0 Å². The maximum absolute atomic E-state index is 11.4. The molecular formula is C24H21N2O4+. The number of ether oxygens (including phenoxy) is 1. The molecule has 0 saturated carbocycles. The fourth-order valence-corrected chi connectivity index (χ4v) is 3.96. The van der Waals surface area contributed by atoms with Gasteiger partial charge >= 0.3 is 12.4 Å². The third-order valence-electron chi connectivity index (χ3n) is 5.49. The average Bonchev–Trinajstić information content (AvgIpc) is 2.95. The second-order valence-electron chi connectivity index (χ2n) is 7.76. The first-order valence-electron chi connectivity index (χ1n) is 9.57. The van der Waals surface area contributed by atoms with Gasteiger partial charge < -0.3 is 4.74 Å². The Bertz CT molecular complexity index is 1200. The number of benzene rings is 3. The van der Waals surface area contributed by atoms with E-state index in [0.717, 1.165) is 33.6 Å². The van der Waals surface area contributed by atoms with Crippen molar-refractivity contribution in [3.05, 3.63) is 88.0 Å². The lowest BCUT2D eigenvalue weighted by Crippen LogP contribution is -2.16. The summed E-state index contributed by atoms with van der Waals surface area (Å²) in [6, 6.07) is 20.6. The second kappa shape index (κ2) is 7.22. The van der Waals surface area contributed by atoms with Crippen molar-refractivity contribution < 1.29 is 14.5 Å². The Kier molecular flexibility index (Phi) is 4.70. The fourth-order valence-electron chi connectivity index (χ4n) is 3.96. The zero-order valence-electron chi connectivity index (χ0n) is 17.0. The molecule has 6 heteroatoms. The quantitative estimate of drug-likeness (QED) is 0.148. The predicted octanol–water partition coefficient (Wildman–Crippen LogP) is 5.33. The van der Waals surface area contributed by atoms with Crippen LogP contribution in [0, 0.1) is 10.1 Å². The molecule has 0 atom stereocenters. The molecule has 0 fully saturated rings. The van der Waals surface area contributed by atoms with Crippen LogP contribution in [0.15, 0.2) is 66.7 Å². The number of nitro groups is 1. The Hall–Kier alpha value is -3.80. The molecule has 1 aliphatic carbocycles. The van der Waals surface area contributed by atoms with Gasteiger partial charge in [0.1, 0.15) is 0 Å². The van der Waals surface area contributed by atoms with Gasteiger partial charge in [-0.15, -0.1) is 4.58 Å². The number of hydrogen-bond acceptors (Lipinski definition) is 4. The molecule has 150 valence electrons. The largest absolute Gasteiger partial charge is 0.376 e. The van der Waals surface area contributed by atoms with Crippen molar-refractivity contribution in [1.29, 1.82) is 0 Å². The van der Waals surface area contributed by atoms with E-state index in [9.17, 15) is 14.9 Å². The smallest absolute Gasteiger partial charge is 0.343 e. The maximum atomic E-state index is 11.4. The van der Waals surface area contributed by atoms with Crippen LogP contribution in [0.5, 0.6) is 0 Å². The number of rotatable bonds is 4. The molecule has 0 radical (unpaired) electrons. The highest BCUT2D eigenvalue weighted by atomic mass is 16.6. The molecule has 0 unspecified atom stereocenters. The van der Waals surface area contributed by atoms with Crippen molar-refractivity contribution in [1.82, 2.24) is 4.58 Å². The molecule has 30 heavy (non-hydrogen) atoms. The van der Waals surface area contributed by atoms with E-state index in [1.165, 1.54) is 13.3 Å². The minimum Gasteiger partial charge on any atom is -0.376 e. The lowest BCUT2D eigenvalue weighted by Gasteiger charge is -2.21. The van der Waals surface area contributed by atoms with E-state index >= 15 is 0 Å². The number of esters is 1. The van der Waals surface area contributed by atoms with Crippen LogP contribution < -0.4 is 4.58 Å². The third-order valence-corrected chi connectivity index (χ3v) is 5.49. The molecule has 0 spiro atoms. The molecule has 0 aliphatic heterocycles. The van der Waals surface area contributed by atoms with Crippen LogP contribution >= 0.6 is 0 Å². The Morgan fingerprint density at radius 2 is 1.47 bits per heavy atom. The molecule has 0 amide bonds. The first kappa shape index (κ1) is 19.5. The van der Waals surface area contributed by atoms with E-state index in [2.05, 4.69) is 13.8 Å². The molecule has 3 aromatic carbocycles. The molecule has 0 N–H and O–H groups in total. The lowest BCUT2D eigenvalue weighted by molar-refractivity contribution is -0.384. The SMILES string of the molecule is CC(=O)OC=[N+](c1ccccc1)c1ccc2c(c1)C(C)(C)c1cc([N+](=O)[O-])ccc1-2. The van der Waals surface area contributed by atoms with E-state index in [0.29, 0.717) is 0 Å². The summed E-state index contributed by atoms with van der Waals surface area (Å²) in [6.07, 6.45) is 1.40. The number of hydrogen-bond donors (Lipinski definition) is 0. The number of carbonyl (C=O) groups excluding carboxylic acids is 1. The van der Waals surface area contributed by atoms with Gasteiger partial charge in [-0.2, -0.15) is 0 Å². The summed E-state index contributed by atoms with van der Waals surface area (Å²) in [6.45, 7) is 5.48. The Labute approximate surface area is 174 Å². The van der Waals surface area contributed by atoms with Crippen molar-refractivity contribution >= 4 is 29.4 Å². The predicted molar refractivity (Wildman–Crippen MR) is 116 cm³/mol. The molecule has 1 aliphatic rings. The van der Waals surface area contributed by atoms with E-state index in [4.69, 9.17) is 4.74 Å². The van der Waals surface area contributed by atoms with Crippen molar-refractivity contribution in [3.8, 4) is 11.1 Å². The first-order chi connectivity index (χ1) is 14.3. The van der Waals surface area contributed by atoms with Gasteiger partial charge in [-0.05, 0) is 34.4 Å². The van der Waals surface area contributed by atoms with Crippen molar-refractivity contribution in [2.75, 3.05) is 0 Å². The summed E-state index contributed by atoms with van der Waals surface area (Å²) in [5.41, 5.74) is 5.41. The fraction of sp³-hybridized carbons (Fsp3) is 0.167. The van der Waals surface area contributed by atoms with Crippen LogP contribution in [0.2, 0.25) is 0 Å². The van der Waals surface area contributed by atoms with Gasteiger partial charge in [0.15, 0.2) is 0 Å². The third kappa shape index (κ3) is 3.26. The highest BCUT2D eigenvalue weighted by molar-refractivity contribution is 5.84. The Morgan fingerprint density at radius 1 is 0.900 bits per heavy atom. The average molecular weight is 401 g/mol. The summed E-state index contributed by atoms with van der Waals surface area (Å²) in [4.78, 5) is 22.3. The molecular weight excluding hydrogens is 380 g/mol. The van der Waals surface area contributed by atoms with Crippen LogP contribution in [0.1, 0.15) is 31.9 Å². The van der Waals surface area contributed by atoms with Gasteiger partial charge in [0.05, 0.1) is 4.92 Å². The Balaban J connectivity index is 1.86. The molecule has 3 aromatic rings. The standard InChI is InChI=1S/C24H21N2O4/c1-16(27)30-15-25(17-7-5-4-6-8-17)18-9-11-20-21-12-10-19(26(28)29)14-23(21)24(2,3)22(20)13-18/h4-15H,1-3H3/q+1. The van der Waals surface area contributed by atoms with E-state index in [1.807, 2.05) is 59.2 Å². The number of non-ortho nitro benzene ring substituents is 1. The van der Waals surface area contributed by atoms with Gasteiger partial charge in [0, 0.05) is 48.7 Å². The number of fused-ring (bicyclic) bond motifs is 3. The minimum atomic E-state index is -0.406. The number of para-hydroxylation sites is 1. The van der Waals surface area contributed by atoms with Gasteiger partial charge in [0.25, 0.3) is 5.69 Å². The summed E-state index contributed by atoms with van der Waals surface area (Å²) in [5.74, 6) is -0.405. The molecule has 6 nitrogen and oxygen atoms in total. The van der Waals surface area contributed by atoms with E-state index < -0.39 is 11.4 Å². The minimum absolute atomic E-state index is 0.0870. The van der Waals surface area contributed by atoms with Gasteiger partial charge in [0.2, 0.25) is 11.4 Å². The molecule has 0 bridgehead atoms. The molecule has 4 rings (SSSR count). The van der Waals surface area contributed by atoms with Crippen LogP contribution in [-0.4, -0.2) is 17.3 Å². The Morgan fingerprint density at radius 3 is 2.03 bits per heavy atom. The topological polar surface area (TPSA) is 72.5 Å². The normalized spacial score (nSPS) is 14.0. The second-order valence-corrected chi connectivity index (χ2v) is 7.76. The highest BCUT2D eigenvalue weighted by Gasteiger charge is 2.37.